The first kappa shape index (κ1) is 15.5. The molecule has 1 aromatic heterocycles. The second kappa shape index (κ2) is 6.74. The first-order chi connectivity index (χ1) is 10.1. The number of fused-ring (bicyclic) bond motifs is 1. The Morgan fingerprint density at radius 1 is 1.29 bits per heavy atom. The second-order valence-electron chi connectivity index (χ2n) is 5.36. The smallest absolute Gasteiger partial charge is 0.220 e. The minimum Gasteiger partial charge on any atom is -0.394 e. The zero-order valence-corrected chi connectivity index (χ0v) is 12.2. The van der Waals surface area contributed by atoms with Gasteiger partial charge in [-0.05, 0) is 24.5 Å². The van der Waals surface area contributed by atoms with Crippen molar-refractivity contribution in [3.8, 4) is 0 Å². The SMILES string of the molecule is CCC(CO)(CO)NC(=O)CCc1c[nH]c2ccccc12. The van der Waals surface area contributed by atoms with Crippen LogP contribution in [0.15, 0.2) is 30.5 Å². The van der Waals surface area contributed by atoms with Crippen molar-refractivity contribution >= 4 is 16.8 Å². The Morgan fingerprint density at radius 3 is 2.67 bits per heavy atom. The number of benzene rings is 1. The molecule has 0 fully saturated rings. The standard InChI is InChI=1S/C16H22N2O3/c1-2-16(10-19,11-20)18-15(21)8-7-12-9-17-14-6-4-3-5-13(12)14/h3-6,9,17,19-20H,2,7-8,10-11H2,1H3,(H,18,21). The molecule has 0 unspecified atom stereocenters. The maximum Gasteiger partial charge on any atom is 0.220 e. The van der Waals surface area contributed by atoms with Gasteiger partial charge in [0.15, 0.2) is 0 Å². The molecule has 0 spiro atoms. The zero-order valence-electron chi connectivity index (χ0n) is 12.2. The number of hydrogen-bond donors (Lipinski definition) is 4. The van der Waals surface area contributed by atoms with Crippen molar-refractivity contribution in [2.45, 2.75) is 31.7 Å². The number of aliphatic hydroxyl groups excluding tert-OH is 2. The lowest BCUT2D eigenvalue weighted by Crippen LogP contribution is -2.53. The average Bonchev–Trinajstić information content (AvgIpc) is 2.94. The van der Waals surface area contributed by atoms with Crippen molar-refractivity contribution in [2.24, 2.45) is 0 Å². The van der Waals surface area contributed by atoms with E-state index >= 15 is 0 Å². The molecular formula is C16H22N2O3. The fraction of sp³-hybridized carbons (Fsp3) is 0.438. The van der Waals surface area contributed by atoms with E-state index in [2.05, 4.69) is 10.3 Å². The van der Waals surface area contributed by atoms with Crippen LogP contribution in [0, 0.1) is 0 Å². The van der Waals surface area contributed by atoms with E-state index < -0.39 is 5.54 Å². The summed E-state index contributed by atoms with van der Waals surface area (Å²) in [6.45, 7) is 1.30. The predicted octanol–water partition coefficient (Wildman–Crippen LogP) is 1.35. The molecule has 2 rings (SSSR count). The van der Waals surface area contributed by atoms with Crippen LogP contribution >= 0.6 is 0 Å². The summed E-state index contributed by atoms with van der Waals surface area (Å²) in [6, 6.07) is 7.96. The number of para-hydroxylation sites is 1. The molecule has 0 aliphatic heterocycles. The van der Waals surface area contributed by atoms with Crippen LogP contribution in [0.25, 0.3) is 10.9 Å². The van der Waals surface area contributed by atoms with E-state index in [1.165, 1.54) is 0 Å². The van der Waals surface area contributed by atoms with Crippen LogP contribution in [0.5, 0.6) is 0 Å². The maximum atomic E-state index is 12.0. The van der Waals surface area contributed by atoms with Crippen LogP contribution < -0.4 is 5.32 Å². The lowest BCUT2D eigenvalue weighted by atomic mass is 9.98. The van der Waals surface area contributed by atoms with Gasteiger partial charge in [-0.15, -0.1) is 0 Å². The molecule has 4 N–H and O–H groups in total. The number of aromatic nitrogens is 1. The summed E-state index contributed by atoms with van der Waals surface area (Å²) in [5, 5.41) is 22.5. The third-order valence-electron chi connectivity index (χ3n) is 3.98. The van der Waals surface area contributed by atoms with Crippen LogP contribution in [-0.2, 0) is 11.2 Å². The van der Waals surface area contributed by atoms with Crippen LogP contribution in [0.2, 0.25) is 0 Å². The van der Waals surface area contributed by atoms with Crippen LogP contribution in [0.3, 0.4) is 0 Å². The number of hydrogen-bond acceptors (Lipinski definition) is 3. The maximum absolute atomic E-state index is 12.0. The van der Waals surface area contributed by atoms with Gasteiger partial charge < -0.3 is 20.5 Å². The Morgan fingerprint density at radius 2 is 2.00 bits per heavy atom. The molecule has 0 aliphatic rings. The highest BCUT2D eigenvalue weighted by molar-refractivity contribution is 5.84. The molecule has 0 atom stereocenters. The first-order valence-electron chi connectivity index (χ1n) is 7.22. The Balaban J connectivity index is 1.98. The van der Waals surface area contributed by atoms with E-state index in [4.69, 9.17) is 0 Å². The lowest BCUT2D eigenvalue weighted by molar-refractivity contribution is -0.124. The number of H-pyrrole nitrogens is 1. The summed E-state index contributed by atoms with van der Waals surface area (Å²) in [7, 11) is 0. The third kappa shape index (κ3) is 3.43. The molecule has 2 aromatic rings. The number of carbonyl (C=O) groups is 1. The van der Waals surface area contributed by atoms with Crippen molar-refractivity contribution in [1.29, 1.82) is 0 Å². The van der Waals surface area contributed by atoms with Crippen LogP contribution in [0.1, 0.15) is 25.3 Å². The third-order valence-corrected chi connectivity index (χ3v) is 3.98. The lowest BCUT2D eigenvalue weighted by Gasteiger charge is -2.29. The predicted molar refractivity (Wildman–Crippen MR) is 82.0 cm³/mol. The Hall–Kier alpha value is -1.85. The number of amides is 1. The summed E-state index contributed by atoms with van der Waals surface area (Å²) >= 11 is 0. The number of aromatic amines is 1. The highest BCUT2D eigenvalue weighted by Crippen LogP contribution is 2.19. The number of aliphatic hydroxyl groups is 2. The molecule has 5 nitrogen and oxygen atoms in total. The number of carbonyl (C=O) groups excluding carboxylic acids is 1. The van der Waals surface area contributed by atoms with Gasteiger partial charge in [0.2, 0.25) is 5.91 Å². The van der Waals surface area contributed by atoms with Gasteiger partial charge in [-0.3, -0.25) is 4.79 Å². The molecule has 114 valence electrons. The van der Waals surface area contributed by atoms with Crippen molar-refractivity contribution in [3.05, 3.63) is 36.0 Å². The van der Waals surface area contributed by atoms with Crippen LogP contribution in [0.4, 0.5) is 0 Å². The van der Waals surface area contributed by atoms with Gasteiger partial charge in [0, 0.05) is 23.5 Å². The molecular weight excluding hydrogens is 268 g/mol. The van der Waals surface area contributed by atoms with Gasteiger partial charge in [-0.1, -0.05) is 25.1 Å². The first-order valence-corrected chi connectivity index (χ1v) is 7.22. The topological polar surface area (TPSA) is 85.3 Å². The summed E-state index contributed by atoms with van der Waals surface area (Å²) in [6.07, 6.45) is 3.35. The summed E-state index contributed by atoms with van der Waals surface area (Å²) < 4.78 is 0. The summed E-state index contributed by atoms with van der Waals surface area (Å²) in [5.74, 6) is -0.162. The van der Waals surface area contributed by atoms with Crippen molar-refractivity contribution in [1.82, 2.24) is 10.3 Å². The number of rotatable bonds is 7. The van der Waals surface area contributed by atoms with Gasteiger partial charge in [0.05, 0.1) is 18.8 Å². The van der Waals surface area contributed by atoms with Crippen molar-refractivity contribution in [3.63, 3.8) is 0 Å². The fourth-order valence-corrected chi connectivity index (χ4v) is 2.39. The molecule has 1 heterocycles. The molecule has 0 radical (unpaired) electrons. The van der Waals surface area contributed by atoms with E-state index in [-0.39, 0.29) is 19.1 Å². The molecule has 0 aliphatic carbocycles. The van der Waals surface area contributed by atoms with Crippen LogP contribution in [-0.4, -0.2) is 39.9 Å². The Bertz CT molecular complexity index is 594. The minimum absolute atomic E-state index is 0.162. The van der Waals surface area contributed by atoms with E-state index in [1.807, 2.05) is 37.4 Å². The normalized spacial score (nSPS) is 11.8. The molecule has 1 amide bonds. The van der Waals surface area contributed by atoms with Gasteiger partial charge in [-0.2, -0.15) is 0 Å². The highest BCUT2D eigenvalue weighted by Gasteiger charge is 2.28. The monoisotopic (exact) mass is 290 g/mol. The molecule has 21 heavy (non-hydrogen) atoms. The fourth-order valence-electron chi connectivity index (χ4n) is 2.39. The Labute approximate surface area is 124 Å². The minimum atomic E-state index is -0.919. The molecule has 0 saturated carbocycles. The summed E-state index contributed by atoms with van der Waals surface area (Å²) in [5.41, 5.74) is 1.23. The van der Waals surface area contributed by atoms with E-state index in [1.54, 1.807) is 0 Å². The number of nitrogens with one attached hydrogen (secondary N) is 2. The molecule has 5 heteroatoms. The molecule has 0 saturated heterocycles. The largest absolute Gasteiger partial charge is 0.394 e. The van der Waals surface area contributed by atoms with E-state index in [9.17, 15) is 15.0 Å². The Kier molecular flexibility index (Phi) is 4.98. The van der Waals surface area contributed by atoms with E-state index in [0.29, 0.717) is 19.3 Å². The average molecular weight is 290 g/mol. The quantitative estimate of drug-likeness (QED) is 0.621. The molecule has 1 aromatic carbocycles. The summed E-state index contributed by atoms with van der Waals surface area (Å²) in [4.78, 5) is 15.2. The van der Waals surface area contributed by atoms with Gasteiger partial charge in [0.1, 0.15) is 0 Å². The van der Waals surface area contributed by atoms with Gasteiger partial charge >= 0.3 is 0 Å². The van der Waals surface area contributed by atoms with Crippen molar-refractivity contribution < 1.29 is 15.0 Å². The van der Waals surface area contributed by atoms with Gasteiger partial charge in [0.25, 0.3) is 0 Å². The number of aryl methyl sites for hydroxylation is 1. The van der Waals surface area contributed by atoms with Crippen molar-refractivity contribution in [2.75, 3.05) is 13.2 Å². The van der Waals surface area contributed by atoms with Gasteiger partial charge in [-0.25, -0.2) is 0 Å². The molecule has 0 bridgehead atoms. The second-order valence-corrected chi connectivity index (χ2v) is 5.36. The van der Waals surface area contributed by atoms with E-state index in [0.717, 1.165) is 16.5 Å². The highest BCUT2D eigenvalue weighted by atomic mass is 16.3. The zero-order chi connectivity index (χ0) is 15.3.